The first kappa shape index (κ1) is 31.3. The molecule has 2 amide bonds. The molecule has 0 spiro atoms. The van der Waals surface area contributed by atoms with Gasteiger partial charge in [-0.3, -0.25) is 10.6 Å². The topological polar surface area (TPSA) is 148 Å². The third kappa shape index (κ3) is 8.94. The molecular formula is C30H29F2N3O8. The number of hydrogen-bond acceptors (Lipinski definition) is 9. The Morgan fingerprint density at radius 3 is 2.28 bits per heavy atom. The molecule has 3 aromatic carbocycles. The Morgan fingerprint density at radius 2 is 1.60 bits per heavy atom. The summed E-state index contributed by atoms with van der Waals surface area (Å²) < 4.78 is 54.9. The monoisotopic (exact) mass is 597 g/mol. The molecule has 3 aromatic rings. The Hall–Kier alpha value is -4.61. The normalized spacial score (nSPS) is 21.3. The van der Waals surface area contributed by atoms with Crippen LogP contribution < -0.4 is 10.6 Å². The van der Waals surface area contributed by atoms with E-state index in [1.54, 1.807) is 25.1 Å². The number of nitriles is 1. The summed E-state index contributed by atoms with van der Waals surface area (Å²) in [6.45, 7) is 1.31. The smallest absolute Gasteiger partial charge is 0.412 e. The zero-order chi connectivity index (χ0) is 30.8. The van der Waals surface area contributed by atoms with Crippen LogP contribution in [0.25, 0.3) is 0 Å². The fourth-order valence-corrected chi connectivity index (χ4v) is 4.21. The number of hydrogen-bond donors (Lipinski definition) is 3. The van der Waals surface area contributed by atoms with Gasteiger partial charge in [-0.2, -0.15) is 5.26 Å². The third-order valence-corrected chi connectivity index (χ3v) is 6.25. The van der Waals surface area contributed by atoms with Gasteiger partial charge in [0.15, 0.2) is 12.4 Å². The Morgan fingerprint density at radius 1 is 0.930 bits per heavy atom. The maximum atomic E-state index is 13.3. The molecule has 0 aromatic heterocycles. The molecule has 1 saturated heterocycles. The average Bonchev–Trinajstić information content (AvgIpc) is 2.99. The van der Waals surface area contributed by atoms with Crippen molar-refractivity contribution in [3.63, 3.8) is 0 Å². The van der Waals surface area contributed by atoms with Crippen molar-refractivity contribution < 1.29 is 47.2 Å². The van der Waals surface area contributed by atoms with Gasteiger partial charge < -0.3 is 28.8 Å². The first-order valence-electron chi connectivity index (χ1n) is 13.2. The fraction of sp³-hybridized carbons (Fsp3) is 0.300. The maximum Gasteiger partial charge on any atom is 0.412 e. The summed E-state index contributed by atoms with van der Waals surface area (Å²) in [5.41, 5.74) is 1.45. The molecule has 4 rings (SSSR count). The van der Waals surface area contributed by atoms with E-state index in [4.69, 9.17) is 28.9 Å². The molecule has 3 N–H and O–H groups in total. The molecule has 1 fully saturated rings. The van der Waals surface area contributed by atoms with Crippen LogP contribution in [-0.2, 0) is 30.3 Å². The van der Waals surface area contributed by atoms with Gasteiger partial charge in [0.25, 0.3) is 0 Å². The van der Waals surface area contributed by atoms with Gasteiger partial charge in [-0.1, -0.05) is 18.2 Å². The second kappa shape index (κ2) is 15.0. The Bertz CT molecular complexity index is 1420. The second-order valence-corrected chi connectivity index (χ2v) is 9.31. The minimum atomic E-state index is -1.53. The van der Waals surface area contributed by atoms with Crippen LogP contribution in [0.2, 0.25) is 0 Å². The number of halogens is 2. The Balaban J connectivity index is 1.49. The fourth-order valence-electron chi connectivity index (χ4n) is 4.21. The molecule has 226 valence electrons. The molecule has 0 saturated carbocycles. The molecule has 1 aliphatic heterocycles. The zero-order valence-electron chi connectivity index (χ0n) is 22.9. The first-order chi connectivity index (χ1) is 20.7. The number of amides is 2. The van der Waals surface area contributed by atoms with E-state index >= 15 is 0 Å². The molecule has 11 nitrogen and oxygen atoms in total. The number of aliphatic hydroxyl groups is 1. The molecule has 0 radical (unpaired) electrons. The van der Waals surface area contributed by atoms with Crippen LogP contribution in [0.1, 0.15) is 18.1 Å². The van der Waals surface area contributed by atoms with Crippen LogP contribution in [0.3, 0.4) is 0 Å². The number of nitrogens with one attached hydrogen (secondary N) is 2. The van der Waals surface area contributed by atoms with Crippen LogP contribution in [0.4, 0.5) is 29.7 Å². The largest absolute Gasteiger partial charge is 0.446 e. The van der Waals surface area contributed by atoms with Crippen LogP contribution in [0.5, 0.6) is 0 Å². The lowest BCUT2D eigenvalue weighted by molar-refractivity contribution is -0.309. The van der Waals surface area contributed by atoms with Gasteiger partial charge in [-0.15, -0.1) is 0 Å². The van der Waals surface area contributed by atoms with Crippen molar-refractivity contribution in [2.24, 2.45) is 0 Å². The van der Waals surface area contributed by atoms with Crippen molar-refractivity contribution in [2.45, 2.75) is 44.2 Å². The quantitative estimate of drug-likeness (QED) is 0.302. The maximum absolute atomic E-state index is 13.3. The summed E-state index contributed by atoms with van der Waals surface area (Å²) in [5, 5.41) is 25.3. The van der Waals surface area contributed by atoms with Crippen LogP contribution in [0.15, 0.2) is 72.8 Å². The van der Waals surface area contributed by atoms with Crippen molar-refractivity contribution in [3.8, 4) is 6.07 Å². The van der Waals surface area contributed by atoms with Gasteiger partial charge in [0.1, 0.15) is 36.6 Å². The number of rotatable bonds is 10. The summed E-state index contributed by atoms with van der Waals surface area (Å²) in [6, 6.07) is 18.6. The highest BCUT2D eigenvalue weighted by molar-refractivity contribution is 5.85. The van der Waals surface area contributed by atoms with E-state index in [1.807, 2.05) is 6.07 Å². The van der Waals surface area contributed by atoms with E-state index in [-0.39, 0.29) is 18.9 Å². The number of anilines is 2. The van der Waals surface area contributed by atoms with E-state index in [0.717, 1.165) is 12.1 Å². The molecular weight excluding hydrogens is 568 g/mol. The molecule has 43 heavy (non-hydrogen) atoms. The number of ether oxygens (including phenoxy) is 5. The van der Waals surface area contributed by atoms with Crippen LogP contribution >= 0.6 is 0 Å². The number of carbonyl (C=O) groups is 2. The summed E-state index contributed by atoms with van der Waals surface area (Å²) in [7, 11) is 0. The zero-order valence-corrected chi connectivity index (χ0v) is 22.9. The number of nitrogens with zero attached hydrogens (tertiary/aromatic N) is 1. The van der Waals surface area contributed by atoms with E-state index in [2.05, 4.69) is 10.6 Å². The minimum absolute atomic E-state index is 0.0607. The molecule has 0 aliphatic carbocycles. The molecule has 1 heterocycles. The number of aliphatic hydroxyl groups excluding tert-OH is 1. The predicted molar refractivity (Wildman–Crippen MR) is 148 cm³/mol. The van der Waals surface area contributed by atoms with Crippen molar-refractivity contribution in [1.82, 2.24) is 0 Å². The van der Waals surface area contributed by atoms with Gasteiger partial charge in [-0.25, -0.2) is 18.4 Å². The summed E-state index contributed by atoms with van der Waals surface area (Å²) in [6.07, 6.45) is -8.41. The van der Waals surface area contributed by atoms with Crippen molar-refractivity contribution in [1.29, 1.82) is 5.26 Å². The average molecular weight is 598 g/mol. The predicted octanol–water partition coefficient (Wildman–Crippen LogP) is 4.71. The van der Waals surface area contributed by atoms with Crippen LogP contribution in [-0.4, -0.2) is 61.2 Å². The van der Waals surface area contributed by atoms with Crippen molar-refractivity contribution in [3.05, 3.63) is 95.6 Å². The van der Waals surface area contributed by atoms with E-state index in [9.17, 15) is 23.5 Å². The number of carbonyl (C=O) groups excluding carboxylic acids is 2. The highest BCUT2D eigenvalue weighted by Gasteiger charge is 2.49. The van der Waals surface area contributed by atoms with E-state index < -0.39 is 61.1 Å². The Labute approximate surface area is 245 Å². The van der Waals surface area contributed by atoms with Gasteiger partial charge in [0.05, 0.1) is 18.2 Å². The molecule has 13 heteroatoms. The first-order valence-corrected chi connectivity index (χ1v) is 13.2. The van der Waals surface area contributed by atoms with Gasteiger partial charge in [0.2, 0.25) is 0 Å². The lowest BCUT2D eigenvalue weighted by Gasteiger charge is -2.43. The summed E-state index contributed by atoms with van der Waals surface area (Å²) >= 11 is 0. The van der Waals surface area contributed by atoms with Crippen molar-refractivity contribution in [2.75, 3.05) is 23.8 Å². The molecule has 0 bridgehead atoms. The lowest BCUT2D eigenvalue weighted by Crippen LogP contribution is -2.61. The molecule has 0 unspecified atom stereocenters. The minimum Gasteiger partial charge on any atom is -0.446 e. The molecule has 1 aliphatic rings. The summed E-state index contributed by atoms with van der Waals surface area (Å²) in [4.78, 5) is 25.3. The third-order valence-electron chi connectivity index (χ3n) is 6.25. The van der Waals surface area contributed by atoms with E-state index in [1.165, 1.54) is 42.5 Å². The lowest BCUT2D eigenvalue weighted by atomic mass is 9.98. The second-order valence-electron chi connectivity index (χ2n) is 9.31. The molecule has 5 atom stereocenters. The van der Waals surface area contributed by atoms with Gasteiger partial charge >= 0.3 is 12.2 Å². The van der Waals surface area contributed by atoms with Crippen LogP contribution in [0, 0.1) is 23.0 Å². The standard InChI is InChI=1S/C30H29F2N3O8/c1-2-39-28-27(40-16-18-6-8-20(31)9-7-18)25(36)26(43-30(38)34-22-12-10-21(32)11-13-22)24(42-28)17-41-29(37)35-23-5-3-4-19(14-23)15-33/h3-14,24-28,36H,2,16-17H2,1H3,(H,34,38)(H,35,37)/t24-,25+,26-,27-,28-/m1/s1. The van der Waals surface area contributed by atoms with E-state index in [0.29, 0.717) is 16.8 Å². The SMILES string of the molecule is CCO[C@@H]1O[C@H](COC(=O)Nc2cccc(C#N)c2)[C@@H](OC(=O)Nc2ccc(F)cc2)[C@H](O)[C@H]1OCc1ccc(F)cc1. The number of benzene rings is 3. The highest BCUT2D eigenvalue weighted by atomic mass is 19.1. The van der Waals surface area contributed by atoms with Gasteiger partial charge in [-0.05, 0) is 67.1 Å². The van der Waals surface area contributed by atoms with Gasteiger partial charge in [0, 0.05) is 18.0 Å². The van der Waals surface area contributed by atoms with Crippen molar-refractivity contribution >= 4 is 23.6 Å². The Kier molecular flexibility index (Phi) is 11.0. The summed E-state index contributed by atoms with van der Waals surface area (Å²) in [5.74, 6) is -0.935. The highest BCUT2D eigenvalue weighted by Crippen LogP contribution is 2.28.